The second kappa shape index (κ2) is 12.9. The summed E-state index contributed by atoms with van der Waals surface area (Å²) >= 11 is 0. The van der Waals surface area contributed by atoms with Gasteiger partial charge in [0.2, 0.25) is 11.8 Å². The molecule has 1 aliphatic rings. The lowest BCUT2D eigenvalue weighted by atomic mass is 9.98. The fourth-order valence-corrected chi connectivity index (χ4v) is 4.32. The summed E-state index contributed by atoms with van der Waals surface area (Å²) in [5.74, 6) is -2.13. The molecule has 1 aliphatic carbocycles. The molecule has 2 atom stereocenters. The lowest BCUT2D eigenvalue weighted by Gasteiger charge is -2.17. The van der Waals surface area contributed by atoms with Crippen LogP contribution in [0.25, 0.3) is 11.1 Å². The fourth-order valence-electron chi connectivity index (χ4n) is 4.32. The minimum absolute atomic E-state index is 0.0674. The Morgan fingerprint density at radius 3 is 2.03 bits per heavy atom. The van der Waals surface area contributed by atoms with Gasteiger partial charge >= 0.3 is 12.1 Å². The molecule has 37 heavy (non-hydrogen) atoms. The maximum Gasteiger partial charge on any atom is 0.407 e. The molecule has 3 rings (SSSR count). The molecule has 0 radical (unpaired) electrons. The number of unbranched alkanes of at least 4 members (excludes halogenated alkanes) is 1. The summed E-state index contributed by atoms with van der Waals surface area (Å²) in [6.07, 6.45) is 0.626. The molecular weight excluding hydrogens is 474 g/mol. The number of benzene rings is 2. The summed E-state index contributed by atoms with van der Waals surface area (Å²) in [6.45, 7) is 5.44. The van der Waals surface area contributed by atoms with Crippen molar-refractivity contribution in [2.45, 2.75) is 58.0 Å². The van der Waals surface area contributed by atoms with Crippen LogP contribution in [0.15, 0.2) is 48.5 Å². The molecule has 0 aliphatic heterocycles. The topological polar surface area (TPSA) is 134 Å². The van der Waals surface area contributed by atoms with Crippen molar-refractivity contribution in [2.75, 3.05) is 13.2 Å². The van der Waals surface area contributed by atoms with Crippen molar-refractivity contribution in [1.29, 1.82) is 0 Å². The monoisotopic (exact) mass is 509 g/mol. The molecule has 9 heteroatoms. The summed E-state index contributed by atoms with van der Waals surface area (Å²) < 4.78 is 5.48. The number of hydrogen-bond donors (Lipinski definition) is 4. The predicted octanol–water partition coefficient (Wildman–Crippen LogP) is 3.43. The average molecular weight is 510 g/mol. The van der Waals surface area contributed by atoms with Crippen molar-refractivity contribution in [3.8, 4) is 11.1 Å². The molecular formula is C28H35N3O6. The van der Waals surface area contributed by atoms with E-state index in [-0.39, 0.29) is 36.7 Å². The van der Waals surface area contributed by atoms with Gasteiger partial charge in [0.15, 0.2) is 0 Å². The van der Waals surface area contributed by atoms with Gasteiger partial charge in [-0.05, 0) is 48.4 Å². The lowest BCUT2D eigenvalue weighted by Crippen LogP contribution is -2.45. The average Bonchev–Trinajstić information content (AvgIpc) is 3.19. The van der Waals surface area contributed by atoms with Crippen LogP contribution in [0, 0.1) is 5.92 Å². The van der Waals surface area contributed by atoms with Gasteiger partial charge in [-0.25, -0.2) is 9.59 Å². The van der Waals surface area contributed by atoms with E-state index in [9.17, 15) is 24.3 Å². The number of rotatable bonds is 12. The van der Waals surface area contributed by atoms with E-state index in [4.69, 9.17) is 4.74 Å². The van der Waals surface area contributed by atoms with Gasteiger partial charge in [0.25, 0.3) is 0 Å². The van der Waals surface area contributed by atoms with E-state index in [1.807, 2.05) is 36.4 Å². The van der Waals surface area contributed by atoms with E-state index in [1.165, 1.54) is 0 Å². The van der Waals surface area contributed by atoms with Crippen molar-refractivity contribution in [3.63, 3.8) is 0 Å². The highest BCUT2D eigenvalue weighted by molar-refractivity contribution is 5.85. The Kier molecular flexibility index (Phi) is 9.65. The van der Waals surface area contributed by atoms with Gasteiger partial charge < -0.3 is 25.8 Å². The highest BCUT2D eigenvalue weighted by atomic mass is 16.5. The SMILES string of the molecule is CC(C)C(=O)N[C@@H](CCCCNC(=O)[C@@H](C)NC(=O)OCC1c2ccccc2-c2ccccc21)C(=O)O. The zero-order valence-electron chi connectivity index (χ0n) is 21.5. The number of carboxylic acids is 1. The van der Waals surface area contributed by atoms with E-state index in [1.54, 1.807) is 20.8 Å². The summed E-state index contributed by atoms with van der Waals surface area (Å²) in [4.78, 5) is 47.8. The second-order valence-corrected chi connectivity index (χ2v) is 9.53. The van der Waals surface area contributed by atoms with E-state index >= 15 is 0 Å². The summed E-state index contributed by atoms with van der Waals surface area (Å²) in [5.41, 5.74) is 4.49. The Bertz CT molecular complexity index is 1090. The molecule has 0 saturated carbocycles. The Morgan fingerprint density at radius 1 is 0.865 bits per heavy atom. The Morgan fingerprint density at radius 2 is 1.46 bits per heavy atom. The van der Waals surface area contributed by atoms with Crippen LogP contribution in [0.4, 0.5) is 4.79 Å². The highest BCUT2D eigenvalue weighted by Crippen LogP contribution is 2.44. The maximum atomic E-state index is 12.4. The third kappa shape index (κ3) is 7.31. The largest absolute Gasteiger partial charge is 0.480 e. The zero-order valence-corrected chi connectivity index (χ0v) is 21.5. The van der Waals surface area contributed by atoms with Crippen LogP contribution >= 0.6 is 0 Å². The van der Waals surface area contributed by atoms with Crippen molar-refractivity contribution in [1.82, 2.24) is 16.0 Å². The molecule has 9 nitrogen and oxygen atoms in total. The molecule has 4 N–H and O–H groups in total. The van der Waals surface area contributed by atoms with Crippen LogP contribution in [0.3, 0.4) is 0 Å². The summed E-state index contributed by atoms with van der Waals surface area (Å²) in [5, 5.41) is 17.1. The summed E-state index contributed by atoms with van der Waals surface area (Å²) in [7, 11) is 0. The third-order valence-electron chi connectivity index (χ3n) is 6.43. The lowest BCUT2D eigenvalue weighted by molar-refractivity contribution is -0.142. The van der Waals surface area contributed by atoms with Crippen LogP contribution in [0.2, 0.25) is 0 Å². The van der Waals surface area contributed by atoms with Gasteiger partial charge in [-0.15, -0.1) is 0 Å². The quantitative estimate of drug-likeness (QED) is 0.324. The third-order valence-corrected chi connectivity index (χ3v) is 6.43. The number of alkyl carbamates (subject to hydrolysis) is 1. The van der Waals surface area contributed by atoms with Gasteiger partial charge in [-0.3, -0.25) is 9.59 Å². The second-order valence-electron chi connectivity index (χ2n) is 9.53. The first-order chi connectivity index (χ1) is 17.7. The Balaban J connectivity index is 1.39. The van der Waals surface area contributed by atoms with Gasteiger partial charge in [-0.2, -0.15) is 0 Å². The first-order valence-electron chi connectivity index (χ1n) is 12.6. The van der Waals surface area contributed by atoms with Gasteiger partial charge in [0.05, 0.1) is 0 Å². The molecule has 0 unspecified atom stereocenters. The molecule has 0 aromatic heterocycles. The molecule has 0 saturated heterocycles. The van der Waals surface area contributed by atoms with Crippen molar-refractivity contribution in [3.05, 3.63) is 59.7 Å². The molecule has 2 aromatic rings. The standard InChI is InChI=1S/C28H35N3O6/c1-17(2)25(32)31-24(27(34)35)14-8-9-15-29-26(33)18(3)30-28(36)37-16-23-21-12-6-4-10-19(21)20-11-5-7-13-22(20)23/h4-7,10-13,17-18,23-24H,8-9,14-16H2,1-3H3,(H,29,33)(H,30,36)(H,31,32)(H,34,35)/t18-,24+/m1/s1. The van der Waals surface area contributed by atoms with Crippen molar-refractivity contribution >= 4 is 23.9 Å². The predicted molar refractivity (Wildman–Crippen MR) is 139 cm³/mol. The molecule has 0 fully saturated rings. The fraction of sp³-hybridized carbons (Fsp3) is 0.429. The first kappa shape index (κ1) is 27.7. The van der Waals surface area contributed by atoms with E-state index in [2.05, 4.69) is 28.1 Å². The minimum atomic E-state index is -1.08. The Labute approximate surface area is 217 Å². The van der Waals surface area contributed by atoms with Crippen LogP contribution in [-0.4, -0.2) is 54.2 Å². The smallest absolute Gasteiger partial charge is 0.407 e. The molecule has 3 amide bonds. The van der Waals surface area contributed by atoms with Crippen molar-refractivity contribution in [2.24, 2.45) is 5.92 Å². The van der Waals surface area contributed by atoms with Gasteiger partial charge in [-0.1, -0.05) is 62.4 Å². The number of aliphatic carboxylic acids is 1. The molecule has 0 spiro atoms. The zero-order chi connectivity index (χ0) is 26.9. The van der Waals surface area contributed by atoms with Crippen LogP contribution in [-0.2, 0) is 19.1 Å². The van der Waals surface area contributed by atoms with Gasteiger partial charge in [0.1, 0.15) is 18.7 Å². The first-order valence-corrected chi connectivity index (χ1v) is 12.6. The number of carbonyl (C=O) groups is 4. The van der Waals surface area contributed by atoms with E-state index < -0.39 is 24.1 Å². The number of nitrogens with one attached hydrogen (secondary N) is 3. The number of ether oxygens (including phenoxy) is 1. The number of carboxylic acid groups (broad SMARTS) is 1. The van der Waals surface area contributed by atoms with E-state index in [0.29, 0.717) is 19.4 Å². The van der Waals surface area contributed by atoms with Crippen LogP contribution in [0.1, 0.15) is 57.1 Å². The Hall–Kier alpha value is -3.88. The molecule has 0 heterocycles. The summed E-state index contributed by atoms with van der Waals surface area (Å²) in [6, 6.07) is 14.3. The van der Waals surface area contributed by atoms with Crippen LogP contribution < -0.4 is 16.0 Å². The number of amides is 3. The van der Waals surface area contributed by atoms with Crippen LogP contribution in [0.5, 0.6) is 0 Å². The number of carbonyl (C=O) groups excluding carboxylic acids is 3. The van der Waals surface area contributed by atoms with Crippen molar-refractivity contribution < 1.29 is 29.0 Å². The number of hydrogen-bond acceptors (Lipinski definition) is 5. The van der Waals surface area contributed by atoms with Gasteiger partial charge in [0, 0.05) is 18.4 Å². The van der Waals surface area contributed by atoms with E-state index in [0.717, 1.165) is 22.3 Å². The normalized spacial score (nSPS) is 13.7. The molecule has 198 valence electrons. The molecule has 2 aromatic carbocycles. The minimum Gasteiger partial charge on any atom is -0.480 e. The number of fused-ring (bicyclic) bond motifs is 3. The maximum absolute atomic E-state index is 12.4. The highest BCUT2D eigenvalue weighted by Gasteiger charge is 2.29. The molecule has 0 bridgehead atoms.